The maximum absolute atomic E-state index is 12.6. The average molecular weight is 321 g/mol. The molecule has 3 fully saturated rings. The monoisotopic (exact) mass is 320 g/mol. The zero-order valence-electron chi connectivity index (χ0n) is 14.8. The molecule has 3 rings (SSSR count). The van der Waals surface area contributed by atoms with Gasteiger partial charge in [0.05, 0.1) is 0 Å². The van der Waals surface area contributed by atoms with Gasteiger partial charge in [0.2, 0.25) is 0 Å². The number of urea groups is 1. The molecule has 132 valence electrons. The zero-order chi connectivity index (χ0) is 15.9. The highest BCUT2D eigenvalue weighted by Gasteiger charge is 2.32. The minimum atomic E-state index is 0.123. The van der Waals surface area contributed by atoms with Gasteiger partial charge >= 0.3 is 6.03 Å². The van der Waals surface area contributed by atoms with Crippen LogP contribution in [0.15, 0.2) is 0 Å². The van der Waals surface area contributed by atoms with E-state index < -0.39 is 0 Å². The van der Waals surface area contributed by atoms with Crippen LogP contribution in [0.25, 0.3) is 0 Å². The van der Waals surface area contributed by atoms with Crippen molar-refractivity contribution in [2.24, 2.45) is 11.8 Å². The third-order valence-electron chi connectivity index (χ3n) is 6.55. The smallest absolute Gasteiger partial charge is 0.315 e. The Balaban J connectivity index is 1.56. The fourth-order valence-electron chi connectivity index (χ4n) is 5.23. The van der Waals surface area contributed by atoms with Gasteiger partial charge in [0.15, 0.2) is 0 Å². The van der Waals surface area contributed by atoms with Gasteiger partial charge in [-0.05, 0) is 50.4 Å². The Morgan fingerprint density at radius 3 is 1.57 bits per heavy atom. The molecule has 2 N–H and O–H groups in total. The van der Waals surface area contributed by atoms with E-state index in [0.717, 1.165) is 11.8 Å². The van der Waals surface area contributed by atoms with Crippen LogP contribution in [0.1, 0.15) is 96.3 Å². The van der Waals surface area contributed by atoms with Gasteiger partial charge in [0.1, 0.15) is 0 Å². The van der Waals surface area contributed by atoms with Gasteiger partial charge in [-0.3, -0.25) is 0 Å². The molecule has 0 aliphatic heterocycles. The highest BCUT2D eigenvalue weighted by Crippen LogP contribution is 2.35. The fraction of sp³-hybridized carbons (Fsp3) is 0.950. The third-order valence-corrected chi connectivity index (χ3v) is 6.55. The third kappa shape index (κ3) is 5.12. The van der Waals surface area contributed by atoms with Crippen LogP contribution in [0.3, 0.4) is 0 Å². The zero-order valence-corrected chi connectivity index (χ0v) is 14.8. The predicted octanol–water partition coefficient (Wildman–Crippen LogP) is 5.15. The molecule has 3 aliphatic rings. The van der Waals surface area contributed by atoms with E-state index in [1.807, 2.05) is 0 Å². The molecule has 0 saturated heterocycles. The van der Waals surface area contributed by atoms with Crippen LogP contribution in [0.4, 0.5) is 4.79 Å². The summed E-state index contributed by atoms with van der Waals surface area (Å²) in [5, 5.41) is 6.73. The van der Waals surface area contributed by atoms with Crippen molar-refractivity contribution in [2.75, 3.05) is 0 Å². The predicted molar refractivity (Wildman–Crippen MR) is 95.5 cm³/mol. The molecule has 0 unspecified atom stereocenters. The van der Waals surface area contributed by atoms with E-state index in [0.29, 0.717) is 12.1 Å². The lowest BCUT2D eigenvalue weighted by molar-refractivity contribution is 0.167. The normalized spacial score (nSPS) is 25.4. The molecule has 0 radical (unpaired) electrons. The molecule has 3 saturated carbocycles. The van der Waals surface area contributed by atoms with Gasteiger partial charge in [-0.25, -0.2) is 4.79 Å². The van der Waals surface area contributed by atoms with E-state index >= 15 is 0 Å². The molecule has 2 amide bonds. The van der Waals surface area contributed by atoms with Crippen molar-refractivity contribution in [3.63, 3.8) is 0 Å². The summed E-state index contributed by atoms with van der Waals surface area (Å²) < 4.78 is 0. The van der Waals surface area contributed by atoms with E-state index in [-0.39, 0.29) is 6.03 Å². The minimum absolute atomic E-state index is 0.123. The molecule has 0 aromatic rings. The van der Waals surface area contributed by atoms with Crippen molar-refractivity contribution < 1.29 is 4.79 Å². The second-order valence-electron chi connectivity index (χ2n) is 8.27. The van der Waals surface area contributed by atoms with Crippen LogP contribution >= 0.6 is 0 Å². The van der Waals surface area contributed by atoms with Gasteiger partial charge < -0.3 is 10.6 Å². The molecule has 3 heteroatoms. The molecule has 0 spiro atoms. The number of rotatable bonds is 4. The van der Waals surface area contributed by atoms with E-state index in [1.165, 1.54) is 96.3 Å². The Morgan fingerprint density at radius 2 is 1.09 bits per heavy atom. The first kappa shape index (κ1) is 17.1. The largest absolute Gasteiger partial charge is 0.335 e. The molecule has 0 aromatic heterocycles. The molecule has 3 aliphatic carbocycles. The van der Waals surface area contributed by atoms with Crippen LogP contribution in [-0.4, -0.2) is 18.1 Å². The van der Waals surface area contributed by atoms with E-state index in [4.69, 9.17) is 0 Å². The first-order chi connectivity index (χ1) is 11.3. The van der Waals surface area contributed by atoms with Crippen LogP contribution in [0.2, 0.25) is 0 Å². The lowest BCUT2D eigenvalue weighted by Gasteiger charge is -2.38. The van der Waals surface area contributed by atoms with Gasteiger partial charge in [0.25, 0.3) is 0 Å². The topological polar surface area (TPSA) is 41.1 Å². The molecule has 0 heterocycles. The Morgan fingerprint density at radius 1 is 0.652 bits per heavy atom. The Bertz CT molecular complexity index is 335. The van der Waals surface area contributed by atoms with Gasteiger partial charge in [-0.2, -0.15) is 0 Å². The second-order valence-corrected chi connectivity index (χ2v) is 8.27. The number of hydrogen-bond donors (Lipinski definition) is 2. The number of carbonyl (C=O) groups excluding carboxylic acids is 1. The van der Waals surface area contributed by atoms with Crippen LogP contribution in [-0.2, 0) is 0 Å². The molecule has 3 nitrogen and oxygen atoms in total. The number of amides is 2. The van der Waals surface area contributed by atoms with Crippen molar-refractivity contribution in [1.82, 2.24) is 10.6 Å². The standard InChI is InChI=1S/C20H36N2O/c23-20(21-18-14-8-3-9-15-18)22-19(16-10-4-1-5-11-16)17-12-6-2-7-13-17/h16-19H,1-15H2,(H2,21,22,23). The van der Waals surface area contributed by atoms with Gasteiger partial charge in [0, 0.05) is 12.1 Å². The highest BCUT2D eigenvalue weighted by atomic mass is 16.2. The summed E-state index contributed by atoms with van der Waals surface area (Å²) in [6.07, 6.45) is 19.8. The summed E-state index contributed by atoms with van der Waals surface area (Å²) in [7, 11) is 0. The van der Waals surface area contributed by atoms with Crippen molar-refractivity contribution >= 4 is 6.03 Å². The van der Waals surface area contributed by atoms with Crippen LogP contribution in [0, 0.1) is 11.8 Å². The van der Waals surface area contributed by atoms with Crippen LogP contribution in [0.5, 0.6) is 0 Å². The summed E-state index contributed by atoms with van der Waals surface area (Å²) in [6, 6.07) is 0.972. The summed E-state index contributed by atoms with van der Waals surface area (Å²) in [4.78, 5) is 12.6. The minimum Gasteiger partial charge on any atom is -0.335 e. The van der Waals surface area contributed by atoms with E-state index in [9.17, 15) is 4.79 Å². The first-order valence-electron chi connectivity index (χ1n) is 10.4. The quantitative estimate of drug-likeness (QED) is 0.739. The lowest BCUT2D eigenvalue weighted by Crippen LogP contribution is -2.52. The summed E-state index contributed by atoms with van der Waals surface area (Å²) in [6.45, 7) is 0. The maximum Gasteiger partial charge on any atom is 0.315 e. The Labute approximate surface area is 142 Å². The molecule has 0 aromatic carbocycles. The fourth-order valence-corrected chi connectivity index (χ4v) is 5.23. The number of nitrogens with one attached hydrogen (secondary N) is 2. The molecule has 0 atom stereocenters. The summed E-state index contributed by atoms with van der Waals surface area (Å²) in [5.74, 6) is 1.45. The van der Waals surface area contributed by atoms with Crippen molar-refractivity contribution in [2.45, 2.75) is 108 Å². The second kappa shape index (κ2) is 8.94. The molecular formula is C20H36N2O. The lowest BCUT2D eigenvalue weighted by atomic mass is 9.74. The molecule has 0 bridgehead atoms. The Hall–Kier alpha value is -0.730. The average Bonchev–Trinajstić information content (AvgIpc) is 2.62. The first-order valence-corrected chi connectivity index (χ1v) is 10.4. The van der Waals surface area contributed by atoms with Crippen molar-refractivity contribution in [3.8, 4) is 0 Å². The Kier molecular flexibility index (Phi) is 6.65. The van der Waals surface area contributed by atoms with Crippen LogP contribution < -0.4 is 10.6 Å². The molecular weight excluding hydrogens is 284 g/mol. The summed E-state index contributed by atoms with van der Waals surface area (Å²) >= 11 is 0. The van der Waals surface area contributed by atoms with Gasteiger partial charge in [-0.15, -0.1) is 0 Å². The van der Waals surface area contributed by atoms with E-state index in [1.54, 1.807) is 0 Å². The number of hydrogen-bond acceptors (Lipinski definition) is 1. The van der Waals surface area contributed by atoms with Gasteiger partial charge in [-0.1, -0.05) is 57.8 Å². The van der Waals surface area contributed by atoms with Crippen molar-refractivity contribution in [1.29, 1.82) is 0 Å². The summed E-state index contributed by atoms with van der Waals surface area (Å²) in [5.41, 5.74) is 0. The van der Waals surface area contributed by atoms with E-state index in [2.05, 4.69) is 10.6 Å². The molecule has 23 heavy (non-hydrogen) atoms. The van der Waals surface area contributed by atoms with Crippen molar-refractivity contribution in [3.05, 3.63) is 0 Å². The number of carbonyl (C=O) groups is 1. The highest BCUT2D eigenvalue weighted by molar-refractivity contribution is 5.74. The SMILES string of the molecule is O=C(NC1CCCCC1)NC(C1CCCCC1)C1CCCCC1. The maximum atomic E-state index is 12.6.